The van der Waals surface area contributed by atoms with E-state index in [2.05, 4.69) is 21.2 Å². The Morgan fingerprint density at radius 1 is 1.57 bits per heavy atom. The summed E-state index contributed by atoms with van der Waals surface area (Å²) >= 11 is 3.38. The van der Waals surface area contributed by atoms with Crippen LogP contribution < -0.4 is 5.32 Å². The molecule has 0 radical (unpaired) electrons. The van der Waals surface area contributed by atoms with E-state index in [-0.39, 0.29) is 22.9 Å². The van der Waals surface area contributed by atoms with Crippen molar-refractivity contribution >= 4 is 21.8 Å². The fraction of sp³-hybridized carbons (Fsp3) is 0.900. The van der Waals surface area contributed by atoms with Crippen LogP contribution in [0.15, 0.2) is 0 Å². The lowest BCUT2D eigenvalue weighted by atomic mass is 10.1. The van der Waals surface area contributed by atoms with Gasteiger partial charge in [-0.25, -0.2) is 0 Å². The van der Waals surface area contributed by atoms with Gasteiger partial charge in [0.05, 0.1) is 17.0 Å². The summed E-state index contributed by atoms with van der Waals surface area (Å²) < 4.78 is 5.38. The molecule has 1 N–H and O–H groups in total. The van der Waals surface area contributed by atoms with E-state index < -0.39 is 0 Å². The van der Waals surface area contributed by atoms with Crippen LogP contribution in [-0.4, -0.2) is 29.5 Å². The molecule has 0 aromatic carbocycles. The Bertz CT molecular complexity index is 208. The van der Waals surface area contributed by atoms with E-state index in [1.807, 2.05) is 20.8 Å². The molecular formula is C10H18BrNO2. The van der Waals surface area contributed by atoms with Gasteiger partial charge in [-0.2, -0.15) is 0 Å². The summed E-state index contributed by atoms with van der Waals surface area (Å²) in [5.41, 5.74) is 0. The van der Waals surface area contributed by atoms with Gasteiger partial charge < -0.3 is 10.1 Å². The maximum absolute atomic E-state index is 11.7. The van der Waals surface area contributed by atoms with Crippen molar-refractivity contribution in [3.8, 4) is 0 Å². The zero-order chi connectivity index (χ0) is 10.7. The molecule has 0 aliphatic carbocycles. The van der Waals surface area contributed by atoms with Crippen molar-refractivity contribution in [2.75, 3.05) is 6.61 Å². The third-order valence-corrected chi connectivity index (χ3v) is 4.01. The fourth-order valence-electron chi connectivity index (χ4n) is 1.49. The largest absolute Gasteiger partial charge is 0.376 e. The van der Waals surface area contributed by atoms with Gasteiger partial charge in [0.1, 0.15) is 0 Å². The van der Waals surface area contributed by atoms with Crippen LogP contribution in [0.2, 0.25) is 0 Å². The molecule has 0 aromatic rings. The van der Waals surface area contributed by atoms with Crippen LogP contribution in [-0.2, 0) is 9.53 Å². The van der Waals surface area contributed by atoms with Crippen molar-refractivity contribution in [3.05, 3.63) is 0 Å². The fourth-order valence-corrected chi connectivity index (χ4v) is 1.62. The summed E-state index contributed by atoms with van der Waals surface area (Å²) in [6.45, 7) is 6.79. The molecule has 4 heteroatoms. The molecule has 3 atom stereocenters. The Kier molecular flexibility index (Phi) is 4.38. The van der Waals surface area contributed by atoms with Crippen molar-refractivity contribution in [1.82, 2.24) is 5.32 Å². The third-order valence-electron chi connectivity index (χ3n) is 2.54. The standard InChI is InChI=1S/C10H18BrNO2/c1-6(2)9(11)10(13)12-8-4-5-14-7(8)3/h6-9H,4-5H2,1-3H3,(H,12,13). The molecule has 1 rings (SSSR count). The van der Waals surface area contributed by atoms with Crippen molar-refractivity contribution in [2.45, 2.75) is 44.2 Å². The number of carbonyl (C=O) groups is 1. The molecule has 1 heterocycles. The highest BCUT2D eigenvalue weighted by atomic mass is 79.9. The smallest absolute Gasteiger partial charge is 0.234 e. The van der Waals surface area contributed by atoms with Crippen LogP contribution in [0.5, 0.6) is 0 Å². The Hall–Kier alpha value is -0.0900. The number of carbonyl (C=O) groups excluding carboxylic acids is 1. The number of halogens is 1. The molecule has 1 aliphatic heterocycles. The van der Waals surface area contributed by atoms with Crippen molar-refractivity contribution in [2.24, 2.45) is 5.92 Å². The molecule has 3 nitrogen and oxygen atoms in total. The van der Waals surface area contributed by atoms with E-state index in [0.29, 0.717) is 5.92 Å². The zero-order valence-corrected chi connectivity index (χ0v) is 10.5. The summed E-state index contributed by atoms with van der Waals surface area (Å²) in [5.74, 6) is 0.384. The average molecular weight is 264 g/mol. The highest BCUT2D eigenvalue weighted by Crippen LogP contribution is 2.16. The second kappa shape index (κ2) is 5.12. The third kappa shape index (κ3) is 2.95. The maximum atomic E-state index is 11.7. The first-order valence-corrected chi connectivity index (χ1v) is 6.00. The van der Waals surface area contributed by atoms with Crippen molar-refractivity contribution in [1.29, 1.82) is 0 Å². The predicted molar refractivity (Wildman–Crippen MR) is 59.5 cm³/mol. The van der Waals surface area contributed by atoms with Gasteiger partial charge in [-0.05, 0) is 19.3 Å². The molecule has 0 aromatic heterocycles. The molecule has 1 aliphatic rings. The Balaban J connectivity index is 2.40. The van der Waals surface area contributed by atoms with Crippen LogP contribution in [0.1, 0.15) is 27.2 Å². The average Bonchev–Trinajstić information content (AvgIpc) is 2.50. The quantitative estimate of drug-likeness (QED) is 0.788. The number of amides is 1. The van der Waals surface area contributed by atoms with Gasteiger partial charge in [-0.15, -0.1) is 0 Å². The second-order valence-corrected chi connectivity index (χ2v) is 5.11. The first kappa shape index (κ1) is 12.0. The maximum Gasteiger partial charge on any atom is 0.234 e. The molecule has 1 saturated heterocycles. The van der Waals surface area contributed by atoms with E-state index in [1.54, 1.807) is 0 Å². The number of hydrogen-bond donors (Lipinski definition) is 1. The first-order valence-electron chi connectivity index (χ1n) is 5.08. The molecule has 0 saturated carbocycles. The van der Waals surface area contributed by atoms with E-state index in [1.165, 1.54) is 0 Å². The van der Waals surface area contributed by atoms with E-state index in [9.17, 15) is 4.79 Å². The molecule has 0 bridgehead atoms. The monoisotopic (exact) mass is 263 g/mol. The second-order valence-electron chi connectivity index (χ2n) is 4.13. The topological polar surface area (TPSA) is 38.3 Å². The Morgan fingerprint density at radius 3 is 2.64 bits per heavy atom. The SMILES string of the molecule is CC(C)C(Br)C(=O)NC1CCOC1C. The van der Waals surface area contributed by atoms with Crippen LogP contribution in [0.4, 0.5) is 0 Å². The van der Waals surface area contributed by atoms with Crippen LogP contribution in [0.25, 0.3) is 0 Å². The number of nitrogens with one attached hydrogen (secondary N) is 1. The Labute approximate surface area is 93.7 Å². The van der Waals surface area contributed by atoms with Crippen molar-refractivity contribution in [3.63, 3.8) is 0 Å². The van der Waals surface area contributed by atoms with Crippen molar-refractivity contribution < 1.29 is 9.53 Å². The van der Waals surface area contributed by atoms with Gasteiger partial charge in [-0.1, -0.05) is 29.8 Å². The van der Waals surface area contributed by atoms with E-state index in [4.69, 9.17) is 4.74 Å². The molecule has 14 heavy (non-hydrogen) atoms. The minimum Gasteiger partial charge on any atom is -0.376 e. The van der Waals surface area contributed by atoms with Gasteiger partial charge in [0.2, 0.25) is 5.91 Å². The molecule has 82 valence electrons. The summed E-state index contributed by atoms with van der Waals surface area (Å²) in [5, 5.41) is 3.00. The molecule has 1 fully saturated rings. The lowest BCUT2D eigenvalue weighted by molar-refractivity contribution is -0.122. The van der Waals surface area contributed by atoms with Gasteiger partial charge in [0.25, 0.3) is 0 Å². The number of hydrogen-bond acceptors (Lipinski definition) is 2. The lowest BCUT2D eigenvalue weighted by Crippen LogP contribution is -2.44. The number of ether oxygens (including phenoxy) is 1. The minimum atomic E-state index is -0.102. The lowest BCUT2D eigenvalue weighted by Gasteiger charge is -2.20. The molecule has 0 spiro atoms. The summed E-state index contributed by atoms with van der Waals surface area (Å²) in [6, 6.07) is 0.182. The van der Waals surface area contributed by atoms with Crippen LogP contribution >= 0.6 is 15.9 Å². The summed E-state index contributed by atoms with van der Waals surface area (Å²) in [4.78, 5) is 11.6. The van der Waals surface area contributed by atoms with E-state index in [0.717, 1.165) is 13.0 Å². The highest BCUT2D eigenvalue weighted by Gasteiger charge is 2.28. The number of alkyl halides is 1. The zero-order valence-electron chi connectivity index (χ0n) is 8.92. The normalized spacial score (nSPS) is 29.2. The highest BCUT2D eigenvalue weighted by molar-refractivity contribution is 9.10. The van der Waals surface area contributed by atoms with Gasteiger partial charge >= 0.3 is 0 Å². The van der Waals surface area contributed by atoms with Gasteiger partial charge in [0.15, 0.2) is 0 Å². The first-order chi connectivity index (χ1) is 6.52. The van der Waals surface area contributed by atoms with Gasteiger partial charge in [-0.3, -0.25) is 4.79 Å². The molecule has 3 unspecified atom stereocenters. The summed E-state index contributed by atoms with van der Waals surface area (Å²) in [6.07, 6.45) is 1.07. The van der Waals surface area contributed by atoms with Crippen LogP contribution in [0.3, 0.4) is 0 Å². The molecular weight excluding hydrogens is 246 g/mol. The number of rotatable bonds is 3. The van der Waals surface area contributed by atoms with Gasteiger partial charge in [0, 0.05) is 6.61 Å². The molecule has 1 amide bonds. The minimum absolute atomic E-state index is 0.0716. The van der Waals surface area contributed by atoms with Crippen LogP contribution in [0, 0.1) is 5.92 Å². The predicted octanol–water partition coefficient (Wildman–Crippen LogP) is 1.70. The van der Waals surface area contributed by atoms with E-state index >= 15 is 0 Å². The Morgan fingerprint density at radius 2 is 2.21 bits per heavy atom. The summed E-state index contributed by atoms with van der Waals surface area (Å²) in [7, 11) is 0.